The van der Waals surface area contributed by atoms with E-state index in [1.165, 1.54) is 0 Å². The Balaban J connectivity index is 3.69. The van der Waals surface area contributed by atoms with Gasteiger partial charge in [0.2, 0.25) is 0 Å². The maximum atomic E-state index is 9.50. The van der Waals surface area contributed by atoms with Crippen molar-refractivity contribution in [3.63, 3.8) is 0 Å². The van der Waals surface area contributed by atoms with E-state index in [2.05, 4.69) is 26.1 Å². The number of aliphatic hydroxyl groups is 1. The number of rotatable bonds is 7. The van der Waals surface area contributed by atoms with E-state index in [-0.39, 0.29) is 6.04 Å². The highest BCUT2D eigenvalue weighted by atomic mass is 16.3. The Kier molecular flexibility index (Phi) is 7.23. The molecular formula is C10H24N2O. The summed E-state index contributed by atoms with van der Waals surface area (Å²) in [6.45, 7) is 6.98. The lowest BCUT2D eigenvalue weighted by atomic mass is 10.0. The predicted octanol–water partition coefficient (Wildman–Crippen LogP) is 1.07. The molecule has 0 heterocycles. The van der Waals surface area contributed by atoms with Gasteiger partial charge < -0.3 is 10.8 Å². The largest absolute Gasteiger partial charge is 0.379 e. The van der Waals surface area contributed by atoms with Crippen molar-refractivity contribution in [2.75, 3.05) is 6.54 Å². The molecule has 0 spiro atoms. The summed E-state index contributed by atoms with van der Waals surface area (Å²) in [5, 5.41) is 12.6. The van der Waals surface area contributed by atoms with E-state index in [1.807, 2.05) is 0 Å². The van der Waals surface area contributed by atoms with Crippen LogP contribution in [0.3, 0.4) is 0 Å². The fourth-order valence-electron chi connectivity index (χ4n) is 1.43. The lowest BCUT2D eigenvalue weighted by molar-refractivity contribution is 0.109. The summed E-state index contributed by atoms with van der Waals surface area (Å²) in [5.74, 6) is 0.620. The average Bonchev–Trinajstić information content (AvgIpc) is 2.02. The van der Waals surface area contributed by atoms with Crippen LogP contribution in [0.1, 0.15) is 40.0 Å². The first kappa shape index (κ1) is 12.9. The average molecular weight is 188 g/mol. The van der Waals surface area contributed by atoms with Crippen LogP contribution in [-0.4, -0.2) is 23.9 Å². The minimum atomic E-state index is -0.391. The molecule has 13 heavy (non-hydrogen) atoms. The molecule has 0 saturated heterocycles. The lowest BCUT2D eigenvalue weighted by Gasteiger charge is -2.22. The fraction of sp³-hybridized carbons (Fsp3) is 1.00. The highest BCUT2D eigenvalue weighted by Gasteiger charge is 2.12. The molecular weight excluding hydrogens is 164 g/mol. The van der Waals surface area contributed by atoms with Gasteiger partial charge in [0.15, 0.2) is 0 Å². The summed E-state index contributed by atoms with van der Waals surface area (Å²) < 4.78 is 0. The predicted molar refractivity (Wildman–Crippen MR) is 56.3 cm³/mol. The minimum absolute atomic E-state index is 0.251. The van der Waals surface area contributed by atoms with Gasteiger partial charge in [-0.1, -0.05) is 27.2 Å². The molecule has 3 heteroatoms. The molecule has 3 nitrogen and oxygen atoms in total. The molecule has 2 atom stereocenters. The molecule has 0 radical (unpaired) electrons. The maximum absolute atomic E-state index is 9.50. The van der Waals surface area contributed by atoms with E-state index in [4.69, 9.17) is 5.73 Å². The third-order valence-electron chi connectivity index (χ3n) is 2.03. The minimum Gasteiger partial charge on any atom is -0.379 e. The Hall–Kier alpha value is -0.120. The smallest absolute Gasteiger partial charge is 0.105 e. The van der Waals surface area contributed by atoms with Crippen molar-refractivity contribution in [1.29, 1.82) is 0 Å². The molecule has 0 aliphatic rings. The summed E-state index contributed by atoms with van der Waals surface area (Å²) in [4.78, 5) is 0. The van der Waals surface area contributed by atoms with Gasteiger partial charge >= 0.3 is 0 Å². The van der Waals surface area contributed by atoms with E-state index >= 15 is 0 Å². The van der Waals surface area contributed by atoms with E-state index in [0.717, 1.165) is 19.3 Å². The molecule has 0 rings (SSSR count). The van der Waals surface area contributed by atoms with Crippen LogP contribution < -0.4 is 11.1 Å². The zero-order chi connectivity index (χ0) is 10.3. The van der Waals surface area contributed by atoms with Gasteiger partial charge in [0.25, 0.3) is 0 Å². The van der Waals surface area contributed by atoms with Crippen LogP contribution in [0.15, 0.2) is 0 Å². The van der Waals surface area contributed by atoms with Gasteiger partial charge in [-0.25, -0.2) is 0 Å². The fourth-order valence-corrected chi connectivity index (χ4v) is 1.43. The molecule has 0 aliphatic heterocycles. The molecule has 0 aromatic rings. The van der Waals surface area contributed by atoms with Crippen LogP contribution in [0.4, 0.5) is 0 Å². The van der Waals surface area contributed by atoms with Gasteiger partial charge in [-0.15, -0.1) is 0 Å². The van der Waals surface area contributed by atoms with E-state index in [1.54, 1.807) is 0 Å². The summed E-state index contributed by atoms with van der Waals surface area (Å²) >= 11 is 0. The molecule has 4 N–H and O–H groups in total. The van der Waals surface area contributed by atoms with Crippen LogP contribution in [0.5, 0.6) is 0 Å². The topological polar surface area (TPSA) is 58.3 Å². The molecule has 1 unspecified atom stereocenters. The van der Waals surface area contributed by atoms with E-state index < -0.39 is 6.23 Å². The molecule has 80 valence electrons. The number of hydrogen-bond donors (Lipinski definition) is 3. The second kappa shape index (κ2) is 7.30. The van der Waals surface area contributed by atoms with Gasteiger partial charge in [-0.2, -0.15) is 0 Å². The van der Waals surface area contributed by atoms with E-state index in [0.29, 0.717) is 12.5 Å². The molecule has 0 bridgehead atoms. The van der Waals surface area contributed by atoms with Crippen molar-refractivity contribution in [2.24, 2.45) is 11.7 Å². The Morgan fingerprint density at radius 2 is 2.00 bits per heavy atom. The van der Waals surface area contributed by atoms with Gasteiger partial charge in [-0.05, 0) is 18.8 Å². The quantitative estimate of drug-likeness (QED) is 0.524. The maximum Gasteiger partial charge on any atom is 0.105 e. The Morgan fingerprint density at radius 3 is 2.38 bits per heavy atom. The summed E-state index contributed by atoms with van der Waals surface area (Å²) in [7, 11) is 0. The van der Waals surface area contributed by atoms with Crippen molar-refractivity contribution in [3.8, 4) is 0 Å². The zero-order valence-corrected chi connectivity index (χ0v) is 9.09. The van der Waals surface area contributed by atoms with Crippen molar-refractivity contribution in [3.05, 3.63) is 0 Å². The summed E-state index contributed by atoms with van der Waals surface area (Å²) in [5.41, 5.74) is 5.59. The lowest BCUT2D eigenvalue weighted by Crippen LogP contribution is -2.43. The first-order chi connectivity index (χ1) is 6.10. The highest BCUT2D eigenvalue weighted by Crippen LogP contribution is 2.05. The number of nitrogens with one attached hydrogen (secondary N) is 1. The molecule has 0 saturated carbocycles. The second-order valence-electron chi connectivity index (χ2n) is 4.03. The third kappa shape index (κ3) is 6.99. The van der Waals surface area contributed by atoms with Crippen LogP contribution in [0.2, 0.25) is 0 Å². The standard InChI is InChI=1S/C10H24N2O/c1-4-5-10(13)12-9(7-11)6-8(2)3/h8-10,12-13H,4-7,11H2,1-3H3/t9-,10?/m1/s1. The van der Waals surface area contributed by atoms with Gasteiger partial charge in [0.1, 0.15) is 6.23 Å². The van der Waals surface area contributed by atoms with Crippen LogP contribution in [0.25, 0.3) is 0 Å². The van der Waals surface area contributed by atoms with Crippen molar-refractivity contribution in [2.45, 2.75) is 52.3 Å². The second-order valence-corrected chi connectivity index (χ2v) is 4.03. The first-order valence-corrected chi connectivity index (χ1v) is 5.24. The van der Waals surface area contributed by atoms with Crippen molar-refractivity contribution >= 4 is 0 Å². The van der Waals surface area contributed by atoms with Crippen LogP contribution in [0, 0.1) is 5.92 Å². The Labute approximate surface area is 81.7 Å². The SMILES string of the molecule is CCCC(O)N[C@@H](CN)CC(C)C. The van der Waals surface area contributed by atoms with Gasteiger partial charge in [0, 0.05) is 12.6 Å². The number of nitrogens with two attached hydrogens (primary N) is 1. The highest BCUT2D eigenvalue weighted by molar-refractivity contribution is 4.70. The molecule has 0 aromatic carbocycles. The normalized spacial score (nSPS) is 16.2. The van der Waals surface area contributed by atoms with Crippen LogP contribution in [-0.2, 0) is 0 Å². The zero-order valence-electron chi connectivity index (χ0n) is 9.09. The first-order valence-electron chi connectivity index (χ1n) is 5.24. The number of aliphatic hydroxyl groups excluding tert-OH is 1. The monoisotopic (exact) mass is 188 g/mol. The van der Waals surface area contributed by atoms with Crippen LogP contribution >= 0.6 is 0 Å². The van der Waals surface area contributed by atoms with Gasteiger partial charge in [-0.3, -0.25) is 5.32 Å². The van der Waals surface area contributed by atoms with Gasteiger partial charge in [0.05, 0.1) is 0 Å². The Morgan fingerprint density at radius 1 is 1.38 bits per heavy atom. The molecule has 0 amide bonds. The van der Waals surface area contributed by atoms with Crippen molar-refractivity contribution < 1.29 is 5.11 Å². The Bertz CT molecular complexity index is 117. The number of hydrogen-bond acceptors (Lipinski definition) is 3. The molecule has 0 fully saturated rings. The van der Waals surface area contributed by atoms with Crippen molar-refractivity contribution in [1.82, 2.24) is 5.32 Å². The molecule has 0 aliphatic carbocycles. The summed E-state index contributed by atoms with van der Waals surface area (Å²) in [6.07, 6.45) is 2.43. The third-order valence-corrected chi connectivity index (χ3v) is 2.03. The van der Waals surface area contributed by atoms with E-state index in [9.17, 15) is 5.11 Å². The molecule has 0 aromatic heterocycles. The summed E-state index contributed by atoms with van der Waals surface area (Å²) in [6, 6.07) is 0.251.